The van der Waals surface area contributed by atoms with Crippen LogP contribution in [0.5, 0.6) is 0 Å². The highest BCUT2D eigenvalue weighted by Gasteiger charge is 2.09. The second-order valence-electron chi connectivity index (χ2n) is 3.19. The lowest BCUT2D eigenvalue weighted by atomic mass is 10.2. The zero-order valence-electron chi connectivity index (χ0n) is 9.54. The first kappa shape index (κ1) is 13.9. The fourth-order valence-electron chi connectivity index (χ4n) is 1.06. The van der Waals surface area contributed by atoms with Crippen LogP contribution in [0.1, 0.15) is 26.7 Å². The Morgan fingerprint density at radius 1 is 1.33 bits per heavy atom. The van der Waals surface area contributed by atoms with Gasteiger partial charge in [-0.05, 0) is 13.8 Å². The maximum Gasteiger partial charge on any atom is 0.307 e. The summed E-state index contributed by atoms with van der Waals surface area (Å²) in [4.78, 5) is 21.8. The Bertz CT molecular complexity index is 206. The minimum Gasteiger partial charge on any atom is -0.469 e. The Hall–Kier alpha value is -1.10. The van der Waals surface area contributed by atoms with Crippen molar-refractivity contribution in [1.29, 1.82) is 0 Å². The van der Waals surface area contributed by atoms with Crippen LogP contribution in [0.25, 0.3) is 0 Å². The lowest BCUT2D eigenvalue weighted by Crippen LogP contribution is -2.31. The molecule has 0 aromatic carbocycles. The molecule has 0 heterocycles. The summed E-state index contributed by atoms with van der Waals surface area (Å²) in [6, 6.07) is 0.00806. The molecule has 0 aromatic rings. The van der Waals surface area contributed by atoms with Gasteiger partial charge in [0.15, 0.2) is 0 Å². The van der Waals surface area contributed by atoms with Crippen LogP contribution in [0.15, 0.2) is 0 Å². The van der Waals surface area contributed by atoms with Crippen LogP contribution in [-0.4, -0.2) is 38.2 Å². The molecule has 1 unspecified atom stereocenters. The van der Waals surface area contributed by atoms with Crippen LogP contribution < -0.4 is 5.32 Å². The van der Waals surface area contributed by atoms with Crippen LogP contribution in [0.3, 0.4) is 0 Å². The molecule has 0 saturated carbocycles. The SMILES string of the molecule is CCOC(=O)CC(C)NCCC(=O)OC. The van der Waals surface area contributed by atoms with Crippen LogP contribution in [0.2, 0.25) is 0 Å². The smallest absolute Gasteiger partial charge is 0.307 e. The molecular weight excluding hydrogens is 198 g/mol. The molecule has 0 saturated heterocycles. The average molecular weight is 217 g/mol. The molecule has 0 fully saturated rings. The van der Waals surface area contributed by atoms with E-state index in [1.165, 1.54) is 7.11 Å². The first-order valence-corrected chi connectivity index (χ1v) is 5.06. The zero-order chi connectivity index (χ0) is 11.7. The molecule has 5 nitrogen and oxygen atoms in total. The first-order chi connectivity index (χ1) is 7.10. The summed E-state index contributed by atoms with van der Waals surface area (Å²) in [5.41, 5.74) is 0. The number of esters is 2. The fourth-order valence-corrected chi connectivity index (χ4v) is 1.06. The Morgan fingerprint density at radius 2 is 2.00 bits per heavy atom. The second kappa shape index (κ2) is 8.23. The quantitative estimate of drug-likeness (QED) is 0.628. The summed E-state index contributed by atoms with van der Waals surface area (Å²) in [6.07, 6.45) is 0.624. The van der Waals surface area contributed by atoms with Gasteiger partial charge >= 0.3 is 11.9 Å². The summed E-state index contributed by atoms with van der Waals surface area (Å²) in [7, 11) is 1.35. The van der Waals surface area contributed by atoms with E-state index < -0.39 is 0 Å². The van der Waals surface area contributed by atoms with E-state index in [-0.39, 0.29) is 18.0 Å². The standard InChI is InChI=1S/C10H19NO4/c1-4-15-10(13)7-8(2)11-6-5-9(12)14-3/h8,11H,4-7H2,1-3H3. The molecule has 88 valence electrons. The number of methoxy groups -OCH3 is 1. The van der Waals surface area contributed by atoms with E-state index in [9.17, 15) is 9.59 Å². The van der Waals surface area contributed by atoms with Crippen LogP contribution in [0, 0.1) is 0 Å². The largest absolute Gasteiger partial charge is 0.469 e. The molecule has 15 heavy (non-hydrogen) atoms. The molecule has 0 aromatic heterocycles. The Labute approximate surface area is 90.1 Å². The normalized spacial score (nSPS) is 11.9. The molecule has 0 radical (unpaired) electrons. The Morgan fingerprint density at radius 3 is 2.53 bits per heavy atom. The van der Waals surface area contributed by atoms with Gasteiger partial charge in [0.2, 0.25) is 0 Å². The van der Waals surface area contributed by atoms with Gasteiger partial charge in [-0.2, -0.15) is 0 Å². The number of hydrogen-bond donors (Lipinski definition) is 1. The molecule has 0 aliphatic carbocycles. The van der Waals surface area contributed by atoms with E-state index in [0.717, 1.165) is 0 Å². The highest BCUT2D eigenvalue weighted by Crippen LogP contribution is 1.94. The predicted octanol–water partition coefficient (Wildman–Crippen LogP) is 0.481. The van der Waals surface area contributed by atoms with Gasteiger partial charge in [-0.3, -0.25) is 9.59 Å². The van der Waals surface area contributed by atoms with Gasteiger partial charge in [0.1, 0.15) is 0 Å². The maximum atomic E-state index is 11.1. The number of carbonyl (C=O) groups excluding carboxylic acids is 2. The second-order valence-corrected chi connectivity index (χ2v) is 3.19. The summed E-state index contributed by atoms with van der Waals surface area (Å²) in [5.74, 6) is -0.485. The molecule has 1 atom stereocenters. The highest BCUT2D eigenvalue weighted by atomic mass is 16.5. The van der Waals surface area contributed by atoms with E-state index in [1.54, 1.807) is 6.92 Å². The third-order valence-corrected chi connectivity index (χ3v) is 1.83. The zero-order valence-corrected chi connectivity index (χ0v) is 9.54. The predicted molar refractivity (Wildman–Crippen MR) is 55.3 cm³/mol. The Balaban J connectivity index is 3.52. The average Bonchev–Trinajstić information content (AvgIpc) is 2.17. The minimum absolute atomic E-state index is 0.00806. The third-order valence-electron chi connectivity index (χ3n) is 1.83. The van der Waals surface area contributed by atoms with Crippen LogP contribution in [0.4, 0.5) is 0 Å². The molecule has 1 N–H and O–H groups in total. The number of carbonyl (C=O) groups is 2. The molecule has 0 bridgehead atoms. The van der Waals surface area contributed by atoms with E-state index >= 15 is 0 Å². The van der Waals surface area contributed by atoms with Gasteiger partial charge in [0, 0.05) is 12.6 Å². The van der Waals surface area contributed by atoms with Crippen molar-refractivity contribution < 1.29 is 19.1 Å². The van der Waals surface area contributed by atoms with Gasteiger partial charge < -0.3 is 14.8 Å². The number of rotatable bonds is 7. The summed E-state index contributed by atoms with van der Waals surface area (Å²) in [6.45, 7) is 4.54. The van der Waals surface area contributed by atoms with Gasteiger partial charge in [-0.25, -0.2) is 0 Å². The molecule has 0 amide bonds. The van der Waals surface area contributed by atoms with Crippen molar-refractivity contribution in [3.63, 3.8) is 0 Å². The van der Waals surface area contributed by atoms with Crippen molar-refractivity contribution in [3.8, 4) is 0 Å². The van der Waals surface area contributed by atoms with Crippen LogP contribution in [-0.2, 0) is 19.1 Å². The van der Waals surface area contributed by atoms with Crippen molar-refractivity contribution in [3.05, 3.63) is 0 Å². The molecule has 0 aliphatic rings. The Kier molecular flexibility index (Phi) is 7.62. The van der Waals surface area contributed by atoms with Crippen LogP contribution >= 0.6 is 0 Å². The highest BCUT2D eigenvalue weighted by molar-refractivity contribution is 5.70. The monoisotopic (exact) mass is 217 g/mol. The molecule has 0 aliphatic heterocycles. The van der Waals surface area contributed by atoms with Crippen molar-refractivity contribution in [2.45, 2.75) is 32.7 Å². The first-order valence-electron chi connectivity index (χ1n) is 5.06. The third kappa shape index (κ3) is 7.93. The topological polar surface area (TPSA) is 64.6 Å². The van der Waals surface area contributed by atoms with E-state index in [1.807, 2.05) is 6.92 Å². The summed E-state index contributed by atoms with van der Waals surface area (Å²) in [5, 5.41) is 3.04. The number of ether oxygens (including phenoxy) is 2. The van der Waals surface area contributed by atoms with Gasteiger partial charge in [-0.1, -0.05) is 0 Å². The van der Waals surface area contributed by atoms with Crippen molar-refractivity contribution in [2.24, 2.45) is 0 Å². The lowest BCUT2D eigenvalue weighted by Gasteiger charge is -2.12. The van der Waals surface area contributed by atoms with Crippen molar-refractivity contribution in [2.75, 3.05) is 20.3 Å². The van der Waals surface area contributed by atoms with E-state index in [4.69, 9.17) is 4.74 Å². The minimum atomic E-state index is -0.258. The van der Waals surface area contributed by atoms with Crippen molar-refractivity contribution >= 4 is 11.9 Å². The van der Waals surface area contributed by atoms with Gasteiger partial charge in [-0.15, -0.1) is 0 Å². The molecule has 0 spiro atoms. The van der Waals surface area contributed by atoms with E-state index in [2.05, 4.69) is 10.1 Å². The summed E-state index contributed by atoms with van der Waals surface area (Å²) >= 11 is 0. The van der Waals surface area contributed by atoms with E-state index in [0.29, 0.717) is 26.0 Å². The molecular formula is C10H19NO4. The van der Waals surface area contributed by atoms with Gasteiger partial charge in [0.05, 0.1) is 26.6 Å². The lowest BCUT2D eigenvalue weighted by molar-refractivity contribution is -0.143. The molecule has 0 rings (SSSR count). The number of nitrogens with one attached hydrogen (secondary N) is 1. The fraction of sp³-hybridized carbons (Fsp3) is 0.800. The van der Waals surface area contributed by atoms with Crippen molar-refractivity contribution in [1.82, 2.24) is 5.32 Å². The van der Waals surface area contributed by atoms with Gasteiger partial charge in [0.25, 0.3) is 0 Å². The molecule has 5 heteroatoms. The number of hydrogen-bond acceptors (Lipinski definition) is 5. The maximum absolute atomic E-state index is 11.1. The summed E-state index contributed by atoms with van der Waals surface area (Å²) < 4.78 is 9.27.